The molecule has 0 saturated heterocycles. The van der Waals surface area contributed by atoms with Gasteiger partial charge in [-0.15, -0.1) is 5.10 Å². The summed E-state index contributed by atoms with van der Waals surface area (Å²) in [5.41, 5.74) is 4.80. The zero-order chi connectivity index (χ0) is 14.4. The van der Waals surface area contributed by atoms with Gasteiger partial charge in [0, 0.05) is 25.7 Å². The van der Waals surface area contributed by atoms with Gasteiger partial charge >= 0.3 is 0 Å². The molecule has 5 nitrogen and oxygen atoms in total. The van der Waals surface area contributed by atoms with Crippen LogP contribution in [0.1, 0.15) is 21.5 Å². The zero-order valence-electron chi connectivity index (χ0n) is 11.7. The van der Waals surface area contributed by atoms with Crippen molar-refractivity contribution in [3.05, 3.63) is 59.2 Å². The third kappa shape index (κ3) is 1.89. The molecule has 1 amide bonds. The van der Waals surface area contributed by atoms with Crippen LogP contribution in [-0.2, 0) is 20.1 Å². The van der Waals surface area contributed by atoms with E-state index < -0.39 is 0 Å². The van der Waals surface area contributed by atoms with Gasteiger partial charge in [-0.1, -0.05) is 29.5 Å². The number of hydrogen-bond donors (Lipinski definition) is 0. The Morgan fingerprint density at radius 2 is 1.81 bits per heavy atom. The standard InChI is InChI=1S/C16H14N4O/c1-19-15-7-6-11(8-14(15)17-18-19)16(21)20-9-12-4-2-3-5-13(12)10-20/h2-8H,9-10H2,1H3. The van der Waals surface area contributed by atoms with Crippen molar-refractivity contribution in [3.8, 4) is 0 Å². The Kier molecular flexibility index (Phi) is 2.54. The Hall–Kier alpha value is -2.69. The van der Waals surface area contributed by atoms with Crippen molar-refractivity contribution in [2.24, 2.45) is 7.05 Å². The molecular weight excluding hydrogens is 264 g/mol. The van der Waals surface area contributed by atoms with E-state index in [4.69, 9.17) is 0 Å². The van der Waals surface area contributed by atoms with E-state index in [9.17, 15) is 4.79 Å². The van der Waals surface area contributed by atoms with Crippen LogP contribution in [-0.4, -0.2) is 25.8 Å². The summed E-state index contributed by atoms with van der Waals surface area (Å²) in [7, 11) is 1.84. The van der Waals surface area contributed by atoms with Gasteiger partial charge in [-0.25, -0.2) is 4.68 Å². The summed E-state index contributed by atoms with van der Waals surface area (Å²) in [5, 5.41) is 8.04. The van der Waals surface area contributed by atoms with Crippen molar-refractivity contribution in [2.75, 3.05) is 0 Å². The molecule has 21 heavy (non-hydrogen) atoms. The molecule has 5 heteroatoms. The van der Waals surface area contributed by atoms with Gasteiger partial charge in [0.05, 0.1) is 5.52 Å². The van der Waals surface area contributed by atoms with Crippen molar-refractivity contribution >= 4 is 16.9 Å². The number of hydrogen-bond acceptors (Lipinski definition) is 3. The normalized spacial score (nSPS) is 13.7. The highest BCUT2D eigenvalue weighted by molar-refractivity contribution is 5.97. The number of rotatable bonds is 1. The number of nitrogens with zero attached hydrogens (tertiary/aromatic N) is 4. The van der Waals surface area contributed by atoms with Crippen LogP contribution in [0.15, 0.2) is 42.5 Å². The van der Waals surface area contributed by atoms with Crippen molar-refractivity contribution in [3.63, 3.8) is 0 Å². The first-order valence-electron chi connectivity index (χ1n) is 6.88. The fraction of sp³-hybridized carbons (Fsp3) is 0.188. The second kappa shape index (κ2) is 4.41. The smallest absolute Gasteiger partial charge is 0.254 e. The van der Waals surface area contributed by atoms with Gasteiger partial charge < -0.3 is 4.90 Å². The van der Waals surface area contributed by atoms with E-state index in [0.717, 1.165) is 11.0 Å². The molecule has 0 fully saturated rings. The molecule has 3 aromatic rings. The number of aromatic nitrogens is 3. The maximum Gasteiger partial charge on any atom is 0.254 e. The fourth-order valence-electron chi connectivity index (χ4n) is 2.83. The summed E-state index contributed by atoms with van der Waals surface area (Å²) < 4.78 is 1.70. The molecule has 4 rings (SSSR count). The number of carbonyl (C=O) groups excluding carboxylic acids is 1. The summed E-state index contributed by atoms with van der Waals surface area (Å²) in [6, 6.07) is 13.7. The van der Waals surface area contributed by atoms with E-state index in [2.05, 4.69) is 22.4 Å². The number of benzene rings is 2. The summed E-state index contributed by atoms with van der Waals surface area (Å²) in [6.07, 6.45) is 0. The van der Waals surface area contributed by atoms with E-state index in [1.165, 1.54) is 11.1 Å². The molecule has 0 aliphatic carbocycles. The first-order chi connectivity index (χ1) is 10.2. The molecule has 0 bridgehead atoms. The molecule has 0 saturated carbocycles. The third-order valence-corrected chi connectivity index (χ3v) is 3.99. The fourth-order valence-corrected chi connectivity index (χ4v) is 2.83. The van der Waals surface area contributed by atoms with Crippen LogP contribution in [0.5, 0.6) is 0 Å². The predicted molar refractivity (Wildman–Crippen MR) is 78.5 cm³/mol. The maximum atomic E-state index is 12.6. The molecule has 2 aromatic carbocycles. The van der Waals surface area contributed by atoms with Gasteiger partial charge in [0.15, 0.2) is 0 Å². The van der Waals surface area contributed by atoms with Crippen molar-refractivity contribution < 1.29 is 4.79 Å². The highest BCUT2D eigenvalue weighted by Crippen LogP contribution is 2.24. The molecule has 0 unspecified atom stereocenters. The van der Waals surface area contributed by atoms with E-state index in [1.54, 1.807) is 4.68 Å². The highest BCUT2D eigenvalue weighted by Gasteiger charge is 2.24. The number of amides is 1. The first kappa shape index (κ1) is 12.1. The number of fused-ring (bicyclic) bond motifs is 2. The first-order valence-corrected chi connectivity index (χ1v) is 6.88. The topological polar surface area (TPSA) is 51.0 Å². The molecule has 1 aliphatic heterocycles. The Morgan fingerprint density at radius 1 is 1.10 bits per heavy atom. The quantitative estimate of drug-likeness (QED) is 0.685. The molecule has 0 atom stereocenters. The molecule has 0 spiro atoms. The number of aryl methyl sites for hydroxylation is 1. The lowest BCUT2D eigenvalue weighted by molar-refractivity contribution is 0.0751. The van der Waals surface area contributed by atoms with Gasteiger partial charge in [0.25, 0.3) is 5.91 Å². The predicted octanol–water partition coefficient (Wildman–Crippen LogP) is 2.12. The van der Waals surface area contributed by atoms with Gasteiger partial charge in [0.2, 0.25) is 0 Å². The van der Waals surface area contributed by atoms with E-state index >= 15 is 0 Å². The van der Waals surface area contributed by atoms with E-state index in [0.29, 0.717) is 18.7 Å². The molecule has 104 valence electrons. The van der Waals surface area contributed by atoms with Gasteiger partial charge in [-0.2, -0.15) is 0 Å². The minimum absolute atomic E-state index is 0.0405. The summed E-state index contributed by atoms with van der Waals surface area (Å²) in [5.74, 6) is 0.0405. The van der Waals surface area contributed by atoms with Crippen LogP contribution < -0.4 is 0 Å². The van der Waals surface area contributed by atoms with Crippen LogP contribution >= 0.6 is 0 Å². The maximum absolute atomic E-state index is 12.6. The second-order valence-corrected chi connectivity index (χ2v) is 5.35. The molecule has 0 radical (unpaired) electrons. The summed E-state index contributed by atoms with van der Waals surface area (Å²) in [4.78, 5) is 14.5. The second-order valence-electron chi connectivity index (χ2n) is 5.35. The van der Waals surface area contributed by atoms with E-state index in [1.807, 2.05) is 42.3 Å². The van der Waals surface area contributed by atoms with Crippen LogP contribution in [0.25, 0.3) is 11.0 Å². The summed E-state index contributed by atoms with van der Waals surface area (Å²) in [6.45, 7) is 1.35. The van der Waals surface area contributed by atoms with Gasteiger partial charge in [-0.05, 0) is 29.3 Å². The van der Waals surface area contributed by atoms with Crippen LogP contribution in [0.3, 0.4) is 0 Å². The monoisotopic (exact) mass is 278 g/mol. The molecule has 0 N–H and O–H groups in total. The Balaban J connectivity index is 1.65. The molecule has 1 aromatic heterocycles. The van der Waals surface area contributed by atoms with Crippen molar-refractivity contribution in [1.29, 1.82) is 0 Å². The third-order valence-electron chi connectivity index (χ3n) is 3.99. The Morgan fingerprint density at radius 3 is 2.52 bits per heavy atom. The lowest BCUT2D eigenvalue weighted by Crippen LogP contribution is -2.25. The Labute approximate surface area is 121 Å². The largest absolute Gasteiger partial charge is 0.330 e. The molecule has 2 heterocycles. The minimum Gasteiger partial charge on any atom is -0.330 e. The highest BCUT2D eigenvalue weighted by atomic mass is 16.2. The lowest BCUT2D eigenvalue weighted by atomic mass is 10.1. The SMILES string of the molecule is Cn1nnc2cc(C(=O)N3Cc4ccccc4C3)ccc21. The summed E-state index contributed by atoms with van der Waals surface area (Å²) >= 11 is 0. The van der Waals surface area contributed by atoms with Crippen LogP contribution in [0.2, 0.25) is 0 Å². The lowest BCUT2D eigenvalue weighted by Gasteiger charge is -2.15. The van der Waals surface area contributed by atoms with Gasteiger partial charge in [-0.3, -0.25) is 4.79 Å². The Bertz CT molecular complexity index is 827. The average molecular weight is 278 g/mol. The van der Waals surface area contributed by atoms with Gasteiger partial charge in [0.1, 0.15) is 5.52 Å². The van der Waals surface area contributed by atoms with Crippen molar-refractivity contribution in [1.82, 2.24) is 19.9 Å². The molecular formula is C16H14N4O. The minimum atomic E-state index is 0.0405. The zero-order valence-corrected chi connectivity index (χ0v) is 11.7. The van der Waals surface area contributed by atoms with Crippen molar-refractivity contribution in [2.45, 2.75) is 13.1 Å². The average Bonchev–Trinajstić information content (AvgIpc) is 3.10. The van der Waals surface area contributed by atoms with Crippen LogP contribution in [0, 0.1) is 0 Å². The molecule has 1 aliphatic rings. The van der Waals surface area contributed by atoms with Crippen LogP contribution in [0.4, 0.5) is 0 Å². The number of carbonyl (C=O) groups is 1. The van der Waals surface area contributed by atoms with E-state index in [-0.39, 0.29) is 5.91 Å².